The number of hydrogen-bond donors (Lipinski definition) is 1. The third kappa shape index (κ3) is 6.46. The number of amides is 2. The lowest BCUT2D eigenvalue weighted by Crippen LogP contribution is -2.66. The van der Waals surface area contributed by atoms with E-state index in [4.69, 9.17) is 23.7 Å². The van der Waals surface area contributed by atoms with E-state index in [1.807, 2.05) is 20.8 Å². The molecule has 0 spiro atoms. The van der Waals surface area contributed by atoms with E-state index in [0.29, 0.717) is 5.75 Å². The first-order valence-corrected chi connectivity index (χ1v) is 15.0. The van der Waals surface area contributed by atoms with Crippen LogP contribution < -0.4 is 0 Å². The van der Waals surface area contributed by atoms with Crippen molar-refractivity contribution in [2.24, 2.45) is 17.8 Å². The van der Waals surface area contributed by atoms with Crippen molar-refractivity contribution in [2.45, 2.75) is 83.7 Å². The minimum atomic E-state index is -1.40. The lowest BCUT2D eigenvalue weighted by molar-refractivity contribution is -0.307. The topological polar surface area (TPSA) is 138 Å². The molecule has 1 N–H and O–H groups in total. The minimum absolute atomic E-state index is 0.0426. The molecule has 226 valence electrons. The van der Waals surface area contributed by atoms with Crippen molar-refractivity contribution in [3.63, 3.8) is 0 Å². The van der Waals surface area contributed by atoms with Crippen LogP contribution in [0.3, 0.4) is 0 Å². The molecule has 11 nitrogen and oxygen atoms in total. The van der Waals surface area contributed by atoms with Crippen LogP contribution in [0.2, 0.25) is 0 Å². The first kappa shape index (κ1) is 31.4. The zero-order valence-electron chi connectivity index (χ0n) is 24.2. The number of hydrogen-bond acceptors (Lipinski definition) is 11. The number of esters is 2. The van der Waals surface area contributed by atoms with E-state index in [0.717, 1.165) is 4.90 Å². The summed E-state index contributed by atoms with van der Waals surface area (Å²) >= 11 is 1.33. The fraction of sp³-hybridized carbons (Fsp3) is 0.655. The number of thioether (sulfide) groups is 1. The first-order chi connectivity index (χ1) is 19.5. The smallest absolute Gasteiger partial charge is 0.302 e. The number of aliphatic hydroxyl groups excluding tert-OH is 1. The van der Waals surface area contributed by atoms with Gasteiger partial charge in [-0.3, -0.25) is 24.1 Å². The summed E-state index contributed by atoms with van der Waals surface area (Å²) in [4.78, 5) is 51.1. The molecule has 10 atom stereocenters. The van der Waals surface area contributed by atoms with Crippen LogP contribution in [0.5, 0.6) is 0 Å². The van der Waals surface area contributed by atoms with Crippen LogP contribution in [0.1, 0.15) is 62.3 Å². The summed E-state index contributed by atoms with van der Waals surface area (Å²) in [6.45, 7) is 10.3. The number of rotatable bonds is 9. The molecule has 0 saturated carbocycles. The second-order valence-corrected chi connectivity index (χ2v) is 12.2. The average molecular weight is 594 g/mol. The Kier molecular flexibility index (Phi) is 10.1. The number of carbonyl (C=O) groups excluding carboxylic acids is 4. The van der Waals surface area contributed by atoms with E-state index in [1.165, 1.54) is 25.6 Å². The molecule has 3 heterocycles. The Hall–Kier alpha value is -2.51. The molecular formula is C29H39NO10S. The van der Waals surface area contributed by atoms with Crippen molar-refractivity contribution < 1.29 is 48.0 Å². The maximum Gasteiger partial charge on any atom is 0.302 e. The average Bonchev–Trinajstić information content (AvgIpc) is 3.18. The summed E-state index contributed by atoms with van der Waals surface area (Å²) in [5, 5.41) is 11.9. The van der Waals surface area contributed by atoms with Crippen molar-refractivity contribution in [3.05, 3.63) is 35.4 Å². The van der Waals surface area contributed by atoms with Gasteiger partial charge in [-0.25, -0.2) is 0 Å². The summed E-state index contributed by atoms with van der Waals surface area (Å²) in [6, 6.07) is 5.43. The molecule has 0 aromatic heterocycles. The summed E-state index contributed by atoms with van der Waals surface area (Å²) in [7, 11) is 0. The van der Waals surface area contributed by atoms with Gasteiger partial charge in [0, 0.05) is 19.8 Å². The van der Waals surface area contributed by atoms with E-state index in [9.17, 15) is 24.3 Å². The van der Waals surface area contributed by atoms with Crippen LogP contribution in [0.4, 0.5) is 0 Å². The molecule has 12 heteroatoms. The van der Waals surface area contributed by atoms with Gasteiger partial charge in [0.15, 0.2) is 6.29 Å². The Labute approximate surface area is 244 Å². The van der Waals surface area contributed by atoms with Crippen LogP contribution in [0.15, 0.2) is 24.3 Å². The van der Waals surface area contributed by atoms with Gasteiger partial charge in [-0.2, -0.15) is 0 Å². The highest BCUT2D eigenvalue weighted by Gasteiger charge is 2.55. The van der Waals surface area contributed by atoms with E-state index >= 15 is 0 Å². The van der Waals surface area contributed by atoms with Gasteiger partial charge < -0.3 is 28.8 Å². The lowest BCUT2D eigenvalue weighted by Gasteiger charge is -2.49. The lowest BCUT2D eigenvalue weighted by atomic mass is 9.79. The van der Waals surface area contributed by atoms with Gasteiger partial charge in [0.1, 0.15) is 43.0 Å². The van der Waals surface area contributed by atoms with Crippen LogP contribution >= 0.6 is 11.8 Å². The Morgan fingerprint density at radius 2 is 1.46 bits per heavy atom. The molecule has 0 aliphatic carbocycles. The van der Waals surface area contributed by atoms with E-state index < -0.39 is 65.9 Å². The third-order valence-electron chi connectivity index (χ3n) is 8.27. The highest BCUT2D eigenvalue weighted by molar-refractivity contribution is 7.99. The van der Waals surface area contributed by atoms with Crippen LogP contribution in [-0.4, -0.2) is 94.9 Å². The molecule has 41 heavy (non-hydrogen) atoms. The van der Waals surface area contributed by atoms with Crippen molar-refractivity contribution in [3.8, 4) is 0 Å². The highest BCUT2D eigenvalue weighted by Crippen LogP contribution is 2.41. The molecule has 1 aromatic rings. The zero-order chi connectivity index (χ0) is 30.0. The number of aliphatic hydroxyl groups is 1. The fourth-order valence-corrected chi connectivity index (χ4v) is 6.68. The quantitative estimate of drug-likeness (QED) is 0.334. The Bertz CT molecular complexity index is 1110. The molecule has 0 radical (unpaired) electrons. The predicted octanol–water partition coefficient (Wildman–Crippen LogP) is 2.63. The predicted molar refractivity (Wildman–Crippen MR) is 148 cm³/mol. The van der Waals surface area contributed by atoms with Crippen molar-refractivity contribution in [2.75, 3.05) is 19.0 Å². The zero-order valence-corrected chi connectivity index (χ0v) is 25.0. The van der Waals surface area contributed by atoms with Crippen molar-refractivity contribution in [1.82, 2.24) is 4.90 Å². The fourth-order valence-electron chi connectivity index (χ4n) is 5.65. The SMILES string of the molecule is CCSC1OC(COC(C)=O)C(OC2OC(COC(C)=O)C(C)C(C)C2C)C(O)C1N1C(=O)c2ccccc2C1=O. The molecular weight excluding hydrogens is 554 g/mol. The second-order valence-electron chi connectivity index (χ2n) is 10.8. The maximum atomic E-state index is 13.4. The Morgan fingerprint density at radius 3 is 2.00 bits per heavy atom. The number of fused-ring (bicyclic) bond motifs is 1. The Balaban J connectivity index is 1.65. The van der Waals surface area contributed by atoms with Gasteiger partial charge >= 0.3 is 11.9 Å². The summed E-state index contributed by atoms with van der Waals surface area (Å²) in [6.07, 6.45) is -4.74. The van der Waals surface area contributed by atoms with Gasteiger partial charge in [0.05, 0.1) is 17.2 Å². The van der Waals surface area contributed by atoms with Gasteiger partial charge in [0.2, 0.25) is 0 Å². The molecule has 2 fully saturated rings. The van der Waals surface area contributed by atoms with Crippen molar-refractivity contribution >= 4 is 35.5 Å². The number of benzene rings is 1. The van der Waals surface area contributed by atoms with Crippen LogP contribution in [0, 0.1) is 17.8 Å². The molecule has 3 aliphatic rings. The monoisotopic (exact) mass is 593 g/mol. The largest absolute Gasteiger partial charge is 0.463 e. The minimum Gasteiger partial charge on any atom is -0.463 e. The van der Waals surface area contributed by atoms with Gasteiger partial charge in [-0.15, -0.1) is 11.8 Å². The van der Waals surface area contributed by atoms with E-state index in [1.54, 1.807) is 24.3 Å². The standard InChI is InChI=1S/C29H39NO10S/c1-7-41-29-23(30-26(34)19-10-8-9-11-20(19)27(30)35)24(33)25(22(39-29)13-37-18(6)32)40-28-16(4)14(2)15(3)21(38-28)12-36-17(5)31/h8-11,14-16,21-25,28-29,33H,7,12-13H2,1-6H3. The molecule has 1 aromatic carbocycles. The Morgan fingerprint density at radius 1 is 0.902 bits per heavy atom. The summed E-state index contributed by atoms with van der Waals surface area (Å²) in [5.41, 5.74) is -0.299. The number of carbonyl (C=O) groups is 4. The van der Waals surface area contributed by atoms with Crippen LogP contribution in [-0.2, 0) is 33.3 Å². The normalized spacial score (nSPS) is 35.2. The number of nitrogens with zero attached hydrogens (tertiary/aromatic N) is 1. The highest BCUT2D eigenvalue weighted by atomic mass is 32.2. The first-order valence-electron chi connectivity index (χ1n) is 14.0. The molecule has 10 unspecified atom stereocenters. The van der Waals surface area contributed by atoms with E-state index in [2.05, 4.69) is 6.92 Å². The maximum absolute atomic E-state index is 13.4. The summed E-state index contributed by atoms with van der Waals surface area (Å²) < 4.78 is 29.5. The number of ether oxygens (including phenoxy) is 5. The molecule has 0 bridgehead atoms. The van der Waals surface area contributed by atoms with Crippen molar-refractivity contribution in [1.29, 1.82) is 0 Å². The molecule has 2 amide bonds. The van der Waals surface area contributed by atoms with Gasteiger partial charge in [-0.05, 0) is 29.7 Å². The van der Waals surface area contributed by atoms with E-state index in [-0.39, 0.29) is 42.1 Å². The molecule has 2 saturated heterocycles. The van der Waals surface area contributed by atoms with Gasteiger partial charge in [-0.1, -0.05) is 39.8 Å². The van der Waals surface area contributed by atoms with Crippen LogP contribution in [0.25, 0.3) is 0 Å². The molecule has 3 aliphatic heterocycles. The number of imide groups is 1. The second kappa shape index (κ2) is 13.2. The summed E-state index contributed by atoms with van der Waals surface area (Å²) in [5.74, 6) is -1.44. The molecule has 4 rings (SSSR count). The third-order valence-corrected chi connectivity index (χ3v) is 9.32. The van der Waals surface area contributed by atoms with Gasteiger partial charge in [0.25, 0.3) is 11.8 Å².